The molecule has 2 N–H and O–H groups in total. The van der Waals surface area contributed by atoms with Gasteiger partial charge >= 0.3 is 12.0 Å². The van der Waals surface area contributed by atoms with Gasteiger partial charge in [0.25, 0.3) is 0 Å². The van der Waals surface area contributed by atoms with Crippen LogP contribution < -0.4 is 5.32 Å². The molecule has 0 spiro atoms. The van der Waals surface area contributed by atoms with Crippen LogP contribution >= 0.6 is 11.3 Å². The zero-order chi connectivity index (χ0) is 14.9. The number of aromatic nitrogens is 1. The molecule has 0 radical (unpaired) electrons. The van der Waals surface area contributed by atoms with Gasteiger partial charge in [-0.1, -0.05) is 20.8 Å². The Bertz CT molecular complexity index is 515. The van der Waals surface area contributed by atoms with E-state index in [1.807, 2.05) is 5.38 Å². The number of likely N-dealkylation sites (tertiary alicyclic amines) is 1. The van der Waals surface area contributed by atoms with E-state index in [-0.39, 0.29) is 23.8 Å². The number of hydrogen-bond acceptors (Lipinski definition) is 4. The van der Waals surface area contributed by atoms with Gasteiger partial charge in [-0.15, -0.1) is 11.3 Å². The first-order valence-corrected chi connectivity index (χ1v) is 7.37. The molecule has 110 valence electrons. The van der Waals surface area contributed by atoms with Crippen molar-refractivity contribution in [1.29, 1.82) is 0 Å². The quantitative estimate of drug-likeness (QED) is 0.897. The van der Waals surface area contributed by atoms with Crippen molar-refractivity contribution in [2.75, 3.05) is 18.4 Å². The maximum Gasteiger partial charge on any atom is 0.323 e. The van der Waals surface area contributed by atoms with Crippen molar-refractivity contribution < 1.29 is 14.7 Å². The molecule has 1 fully saturated rings. The lowest BCUT2D eigenvalue weighted by molar-refractivity contribution is -0.139. The molecule has 1 saturated heterocycles. The van der Waals surface area contributed by atoms with Crippen LogP contribution in [0, 0.1) is 5.92 Å². The number of nitrogens with zero attached hydrogens (tertiary/aromatic N) is 2. The average Bonchev–Trinajstić information content (AvgIpc) is 2.70. The molecule has 1 aliphatic heterocycles. The molecule has 0 saturated carbocycles. The minimum Gasteiger partial charge on any atom is -0.481 e. The molecule has 0 bridgehead atoms. The molecule has 0 atom stereocenters. The van der Waals surface area contributed by atoms with E-state index in [9.17, 15) is 9.59 Å². The van der Waals surface area contributed by atoms with Gasteiger partial charge in [0.1, 0.15) is 0 Å². The molecule has 0 unspecified atom stereocenters. The first-order chi connectivity index (χ1) is 9.25. The Morgan fingerprint density at radius 1 is 1.50 bits per heavy atom. The Labute approximate surface area is 121 Å². The second-order valence-corrected chi connectivity index (χ2v) is 6.95. The van der Waals surface area contributed by atoms with Gasteiger partial charge in [0.15, 0.2) is 5.13 Å². The summed E-state index contributed by atoms with van der Waals surface area (Å²) < 4.78 is 0. The molecule has 0 aliphatic carbocycles. The van der Waals surface area contributed by atoms with E-state index in [4.69, 9.17) is 5.11 Å². The highest BCUT2D eigenvalue weighted by Crippen LogP contribution is 2.27. The number of urea groups is 1. The van der Waals surface area contributed by atoms with Crippen LogP contribution in [0.5, 0.6) is 0 Å². The number of anilines is 1. The van der Waals surface area contributed by atoms with E-state index in [0.717, 1.165) is 5.69 Å². The molecule has 1 aromatic heterocycles. The largest absolute Gasteiger partial charge is 0.481 e. The van der Waals surface area contributed by atoms with Crippen LogP contribution in [0.4, 0.5) is 9.93 Å². The molecule has 6 nitrogen and oxygen atoms in total. The van der Waals surface area contributed by atoms with Gasteiger partial charge < -0.3 is 10.0 Å². The number of carboxylic acid groups (broad SMARTS) is 1. The fraction of sp³-hybridized carbons (Fsp3) is 0.615. The van der Waals surface area contributed by atoms with Gasteiger partial charge in [0.2, 0.25) is 0 Å². The highest BCUT2D eigenvalue weighted by atomic mass is 32.1. The second kappa shape index (κ2) is 5.40. The summed E-state index contributed by atoms with van der Waals surface area (Å²) in [7, 11) is 0. The highest BCUT2D eigenvalue weighted by Gasteiger charge is 2.32. The van der Waals surface area contributed by atoms with E-state index in [1.54, 1.807) is 4.90 Å². The van der Waals surface area contributed by atoms with Crippen LogP contribution in [0.3, 0.4) is 0 Å². The summed E-state index contributed by atoms with van der Waals surface area (Å²) in [4.78, 5) is 28.5. The zero-order valence-corrected chi connectivity index (χ0v) is 12.7. The summed E-state index contributed by atoms with van der Waals surface area (Å²) in [5, 5.41) is 13.9. The smallest absolute Gasteiger partial charge is 0.323 e. The Kier molecular flexibility index (Phi) is 3.99. The molecular formula is C13H19N3O3S. The Hall–Kier alpha value is -1.63. The predicted octanol–water partition coefficient (Wildman–Crippen LogP) is 2.38. The van der Waals surface area contributed by atoms with Crippen LogP contribution in [-0.2, 0) is 10.2 Å². The second-order valence-electron chi connectivity index (χ2n) is 6.09. The van der Waals surface area contributed by atoms with Gasteiger partial charge in [-0.05, 0) is 0 Å². The SMILES string of the molecule is CC(C)(C)c1csc(NC(=O)N2CC(CC(=O)O)C2)n1. The third-order valence-corrected chi connectivity index (χ3v) is 3.95. The predicted molar refractivity (Wildman–Crippen MR) is 77.1 cm³/mol. The number of aliphatic carboxylic acids is 1. The van der Waals surface area contributed by atoms with Crippen LogP contribution in [0.2, 0.25) is 0 Å². The first-order valence-electron chi connectivity index (χ1n) is 6.49. The van der Waals surface area contributed by atoms with Gasteiger partial charge in [-0.25, -0.2) is 9.78 Å². The van der Waals surface area contributed by atoms with Crippen LogP contribution in [-0.4, -0.2) is 40.1 Å². The molecule has 2 rings (SSSR count). The van der Waals surface area contributed by atoms with E-state index in [2.05, 4.69) is 31.1 Å². The number of hydrogen-bond donors (Lipinski definition) is 2. The Balaban J connectivity index is 1.84. The minimum atomic E-state index is -0.815. The lowest BCUT2D eigenvalue weighted by Gasteiger charge is -2.38. The molecule has 2 heterocycles. The molecular weight excluding hydrogens is 278 g/mol. The Morgan fingerprint density at radius 3 is 2.65 bits per heavy atom. The van der Waals surface area contributed by atoms with Crippen molar-refractivity contribution >= 4 is 28.5 Å². The van der Waals surface area contributed by atoms with Crippen LogP contribution in [0.15, 0.2) is 5.38 Å². The summed E-state index contributed by atoms with van der Waals surface area (Å²) >= 11 is 1.40. The number of amides is 2. The molecule has 20 heavy (non-hydrogen) atoms. The fourth-order valence-electron chi connectivity index (χ4n) is 1.96. The van der Waals surface area contributed by atoms with Gasteiger partial charge in [-0.2, -0.15) is 0 Å². The lowest BCUT2D eigenvalue weighted by atomic mass is 9.93. The number of nitrogens with one attached hydrogen (secondary N) is 1. The van der Waals surface area contributed by atoms with Crippen molar-refractivity contribution in [3.8, 4) is 0 Å². The lowest BCUT2D eigenvalue weighted by Crippen LogP contribution is -2.52. The van der Waals surface area contributed by atoms with Crippen LogP contribution in [0.1, 0.15) is 32.9 Å². The van der Waals surface area contributed by atoms with Crippen LogP contribution in [0.25, 0.3) is 0 Å². The molecule has 7 heteroatoms. The Morgan fingerprint density at radius 2 is 2.15 bits per heavy atom. The van der Waals surface area contributed by atoms with Crippen molar-refractivity contribution in [3.63, 3.8) is 0 Å². The van der Waals surface area contributed by atoms with Crippen molar-refractivity contribution in [2.45, 2.75) is 32.6 Å². The monoisotopic (exact) mass is 297 g/mol. The molecule has 1 aliphatic rings. The number of rotatable bonds is 3. The number of carbonyl (C=O) groups is 2. The summed E-state index contributed by atoms with van der Waals surface area (Å²) in [5.74, 6) is -0.746. The minimum absolute atomic E-state index is 0.0389. The van der Waals surface area contributed by atoms with Gasteiger partial charge in [-0.3, -0.25) is 10.1 Å². The molecule has 1 aromatic rings. The van der Waals surface area contributed by atoms with Gasteiger partial charge in [0, 0.05) is 29.8 Å². The van der Waals surface area contributed by atoms with E-state index >= 15 is 0 Å². The van der Waals surface area contributed by atoms with E-state index in [1.165, 1.54) is 11.3 Å². The average molecular weight is 297 g/mol. The summed E-state index contributed by atoms with van der Waals surface area (Å²) in [5.41, 5.74) is 0.910. The normalized spacial score (nSPS) is 15.8. The number of carboxylic acids is 1. The van der Waals surface area contributed by atoms with Gasteiger partial charge in [0.05, 0.1) is 12.1 Å². The van der Waals surface area contributed by atoms with E-state index in [0.29, 0.717) is 18.2 Å². The summed E-state index contributed by atoms with van der Waals surface area (Å²) in [6.45, 7) is 7.20. The fourth-order valence-corrected chi connectivity index (χ4v) is 2.88. The first kappa shape index (κ1) is 14.8. The third-order valence-electron chi connectivity index (χ3n) is 3.19. The van der Waals surface area contributed by atoms with E-state index < -0.39 is 5.97 Å². The third kappa shape index (κ3) is 3.47. The summed E-state index contributed by atoms with van der Waals surface area (Å²) in [6.07, 6.45) is 0.120. The zero-order valence-electron chi connectivity index (χ0n) is 11.8. The van der Waals surface area contributed by atoms with Crippen molar-refractivity contribution in [1.82, 2.24) is 9.88 Å². The topological polar surface area (TPSA) is 82.5 Å². The van der Waals surface area contributed by atoms with Crippen molar-refractivity contribution in [3.05, 3.63) is 11.1 Å². The van der Waals surface area contributed by atoms with Crippen molar-refractivity contribution in [2.24, 2.45) is 5.92 Å². The maximum absolute atomic E-state index is 11.9. The number of thiazole rings is 1. The highest BCUT2D eigenvalue weighted by molar-refractivity contribution is 7.13. The standard InChI is InChI=1S/C13H19N3O3S/c1-13(2,3)9-7-20-11(14-9)15-12(19)16-5-8(6-16)4-10(17)18/h7-8H,4-6H2,1-3H3,(H,17,18)(H,14,15,19). The maximum atomic E-state index is 11.9. The molecule has 0 aromatic carbocycles. The number of carbonyl (C=O) groups excluding carboxylic acids is 1. The molecule has 2 amide bonds. The summed E-state index contributed by atoms with van der Waals surface area (Å²) in [6, 6.07) is -0.207.